The second-order valence-electron chi connectivity index (χ2n) is 6.71. The molecule has 0 saturated carbocycles. The number of likely N-dealkylation sites (tertiary alicyclic amines) is 1. The van der Waals surface area contributed by atoms with Crippen molar-refractivity contribution in [2.75, 3.05) is 19.7 Å². The SMILES string of the molecule is CC(C)COC1CCN(Cc2nnc(-c3cccc(Br)c3)o2)CC1. The van der Waals surface area contributed by atoms with E-state index >= 15 is 0 Å². The molecule has 2 aromatic rings. The van der Waals surface area contributed by atoms with Gasteiger partial charge in [0.15, 0.2) is 0 Å². The minimum Gasteiger partial charge on any atom is -0.419 e. The molecule has 1 aromatic heterocycles. The zero-order valence-corrected chi connectivity index (χ0v) is 15.8. The number of hydrogen-bond donors (Lipinski definition) is 0. The number of halogens is 1. The van der Waals surface area contributed by atoms with Gasteiger partial charge in [0, 0.05) is 29.7 Å². The normalized spacial score (nSPS) is 16.8. The summed E-state index contributed by atoms with van der Waals surface area (Å²) in [5.74, 6) is 1.84. The van der Waals surface area contributed by atoms with Crippen molar-refractivity contribution in [1.29, 1.82) is 0 Å². The molecule has 0 aliphatic carbocycles. The Bertz CT molecular complexity index is 651. The Hall–Kier alpha value is -1.24. The maximum Gasteiger partial charge on any atom is 0.247 e. The molecule has 0 bridgehead atoms. The highest BCUT2D eigenvalue weighted by atomic mass is 79.9. The predicted octanol–water partition coefficient (Wildman–Crippen LogP) is 4.14. The molecular formula is C18H24BrN3O2. The molecule has 1 aliphatic rings. The van der Waals surface area contributed by atoms with Gasteiger partial charge in [-0.15, -0.1) is 10.2 Å². The van der Waals surface area contributed by atoms with E-state index in [0.29, 0.717) is 30.3 Å². The van der Waals surface area contributed by atoms with Crippen LogP contribution in [-0.4, -0.2) is 40.9 Å². The van der Waals surface area contributed by atoms with Crippen molar-refractivity contribution in [2.24, 2.45) is 5.92 Å². The summed E-state index contributed by atoms with van der Waals surface area (Å²) in [6.07, 6.45) is 2.53. The molecule has 2 heterocycles. The second-order valence-corrected chi connectivity index (χ2v) is 7.63. The van der Waals surface area contributed by atoms with Crippen molar-refractivity contribution in [3.8, 4) is 11.5 Å². The Kier molecular flexibility index (Phi) is 6.03. The van der Waals surface area contributed by atoms with E-state index in [1.165, 1.54) is 0 Å². The maximum atomic E-state index is 5.93. The molecule has 1 saturated heterocycles. The summed E-state index contributed by atoms with van der Waals surface area (Å²) in [5.41, 5.74) is 0.934. The standard InChI is InChI=1S/C18H24BrN3O2/c1-13(2)12-23-16-6-8-22(9-7-16)11-17-20-21-18(24-17)14-4-3-5-15(19)10-14/h3-5,10,13,16H,6-9,11-12H2,1-2H3. The minimum absolute atomic E-state index is 0.392. The Morgan fingerprint density at radius 2 is 2.08 bits per heavy atom. The molecular weight excluding hydrogens is 370 g/mol. The Labute approximate surface area is 151 Å². The number of nitrogens with zero attached hydrogens (tertiary/aromatic N) is 3. The van der Waals surface area contributed by atoms with Crippen LogP contribution in [0.3, 0.4) is 0 Å². The quantitative estimate of drug-likeness (QED) is 0.737. The third-order valence-corrected chi connectivity index (χ3v) is 4.59. The largest absolute Gasteiger partial charge is 0.419 e. The van der Waals surface area contributed by atoms with Crippen LogP contribution >= 0.6 is 15.9 Å². The van der Waals surface area contributed by atoms with E-state index in [1.807, 2.05) is 24.3 Å². The number of aromatic nitrogens is 2. The van der Waals surface area contributed by atoms with Gasteiger partial charge in [0.1, 0.15) is 0 Å². The highest BCUT2D eigenvalue weighted by Crippen LogP contribution is 2.23. The molecule has 1 aromatic carbocycles. The van der Waals surface area contributed by atoms with Gasteiger partial charge < -0.3 is 9.15 Å². The number of ether oxygens (including phenoxy) is 1. The third kappa shape index (κ3) is 4.88. The molecule has 0 atom stereocenters. The van der Waals surface area contributed by atoms with Crippen LogP contribution in [0, 0.1) is 5.92 Å². The van der Waals surface area contributed by atoms with Gasteiger partial charge in [-0.25, -0.2) is 0 Å². The molecule has 0 unspecified atom stereocenters. The molecule has 1 fully saturated rings. The molecule has 0 amide bonds. The molecule has 0 spiro atoms. The van der Waals surface area contributed by atoms with Crippen molar-refractivity contribution in [2.45, 2.75) is 39.3 Å². The summed E-state index contributed by atoms with van der Waals surface area (Å²) >= 11 is 3.46. The van der Waals surface area contributed by atoms with Crippen LogP contribution < -0.4 is 0 Å². The van der Waals surface area contributed by atoms with Crippen LogP contribution in [0.15, 0.2) is 33.2 Å². The van der Waals surface area contributed by atoms with E-state index in [1.54, 1.807) is 0 Å². The van der Waals surface area contributed by atoms with Crippen LogP contribution in [0.4, 0.5) is 0 Å². The van der Waals surface area contributed by atoms with Gasteiger partial charge in [0.25, 0.3) is 0 Å². The fourth-order valence-corrected chi connectivity index (χ4v) is 3.21. The Balaban J connectivity index is 1.51. The maximum absolute atomic E-state index is 5.93. The molecule has 3 rings (SSSR count). The number of piperidine rings is 1. The van der Waals surface area contributed by atoms with E-state index in [4.69, 9.17) is 9.15 Å². The second kappa shape index (κ2) is 8.23. The third-order valence-electron chi connectivity index (χ3n) is 4.10. The van der Waals surface area contributed by atoms with Crippen LogP contribution in [0.5, 0.6) is 0 Å². The summed E-state index contributed by atoms with van der Waals surface area (Å²) in [6.45, 7) is 7.96. The lowest BCUT2D eigenvalue weighted by Gasteiger charge is -2.31. The molecule has 130 valence electrons. The van der Waals surface area contributed by atoms with Gasteiger partial charge in [0.05, 0.1) is 12.6 Å². The summed E-state index contributed by atoms with van der Waals surface area (Å²) in [6, 6.07) is 7.89. The average Bonchev–Trinajstić information content (AvgIpc) is 3.03. The average molecular weight is 394 g/mol. The topological polar surface area (TPSA) is 51.4 Å². The minimum atomic E-state index is 0.392. The van der Waals surface area contributed by atoms with Crippen molar-refractivity contribution < 1.29 is 9.15 Å². The van der Waals surface area contributed by atoms with Crippen LogP contribution in [0.2, 0.25) is 0 Å². The fraction of sp³-hybridized carbons (Fsp3) is 0.556. The molecule has 1 aliphatic heterocycles. The van der Waals surface area contributed by atoms with Crippen molar-refractivity contribution in [1.82, 2.24) is 15.1 Å². The van der Waals surface area contributed by atoms with E-state index < -0.39 is 0 Å². The van der Waals surface area contributed by atoms with Gasteiger partial charge in [0.2, 0.25) is 11.8 Å². The number of rotatable bonds is 6. The summed E-state index contributed by atoms with van der Waals surface area (Å²) in [7, 11) is 0. The molecule has 5 nitrogen and oxygen atoms in total. The van der Waals surface area contributed by atoms with Gasteiger partial charge in [-0.2, -0.15) is 0 Å². The number of benzene rings is 1. The summed E-state index contributed by atoms with van der Waals surface area (Å²) in [5, 5.41) is 8.36. The van der Waals surface area contributed by atoms with Gasteiger partial charge in [-0.1, -0.05) is 35.8 Å². The zero-order chi connectivity index (χ0) is 16.9. The molecule has 0 radical (unpaired) electrons. The van der Waals surface area contributed by atoms with Crippen molar-refractivity contribution >= 4 is 15.9 Å². The first-order chi connectivity index (χ1) is 11.6. The first-order valence-corrected chi connectivity index (χ1v) is 9.31. The lowest BCUT2D eigenvalue weighted by molar-refractivity contribution is -0.00709. The van der Waals surface area contributed by atoms with E-state index in [-0.39, 0.29) is 0 Å². The zero-order valence-electron chi connectivity index (χ0n) is 14.2. The smallest absolute Gasteiger partial charge is 0.247 e. The highest BCUT2D eigenvalue weighted by molar-refractivity contribution is 9.10. The van der Waals surface area contributed by atoms with Crippen LogP contribution in [0.1, 0.15) is 32.6 Å². The lowest BCUT2D eigenvalue weighted by Crippen LogP contribution is -2.37. The van der Waals surface area contributed by atoms with Crippen molar-refractivity contribution in [3.05, 3.63) is 34.6 Å². The first-order valence-electron chi connectivity index (χ1n) is 8.52. The fourth-order valence-electron chi connectivity index (χ4n) is 2.81. The highest BCUT2D eigenvalue weighted by Gasteiger charge is 2.21. The lowest BCUT2D eigenvalue weighted by atomic mass is 10.1. The molecule has 6 heteroatoms. The molecule has 0 N–H and O–H groups in total. The Morgan fingerprint density at radius 3 is 2.79 bits per heavy atom. The predicted molar refractivity (Wildman–Crippen MR) is 96.5 cm³/mol. The van der Waals surface area contributed by atoms with Crippen LogP contribution in [-0.2, 0) is 11.3 Å². The van der Waals surface area contributed by atoms with Gasteiger partial charge >= 0.3 is 0 Å². The van der Waals surface area contributed by atoms with Crippen LogP contribution in [0.25, 0.3) is 11.5 Å². The molecule has 24 heavy (non-hydrogen) atoms. The monoisotopic (exact) mass is 393 g/mol. The number of hydrogen-bond acceptors (Lipinski definition) is 5. The van der Waals surface area contributed by atoms with Gasteiger partial charge in [-0.3, -0.25) is 4.90 Å². The van der Waals surface area contributed by atoms with E-state index in [9.17, 15) is 0 Å². The van der Waals surface area contributed by atoms with E-state index in [2.05, 4.69) is 44.9 Å². The van der Waals surface area contributed by atoms with Crippen molar-refractivity contribution in [3.63, 3.8) is 0 Å². The van der Waals surface area contributed by atoms with Gasteiger partial charge in [-0.05, 0) is 37.0 Å². The first kappa shape index (κ1) is 17.6. The van der Waals surface area contributed by atoms with E-state index in [0.717, 1.165) is 42.6 Å². The Morgan fingerprint density at radius 1 is 1.29 bits per heavy atom. The summed E-state index contributed by atoms with van der Waals surface area (Å²) < 4.78 is 12.8. The summed E-state index contributed by atoms with van der Waals surface area (Å²) in [4.78, 5) is 2.35.